The zero-order chi connectivity index (χ0) is 23.7. The van der Waals surface area contributed by atoms with E-state index in [0.717, 1.165) is 25.2 Å². The molecule has 5 aliphatic rings. The van der Waals surface area contributed by atoms with E-state index in [1.165, 1.54) is 17.8 Å². The van der Waals surface area contributed by atoms with Crippen molar-refractivity contribution in [2.75, 3.05) is 11.9 Å². The number of rotatable bonds is 7. The Morgan fingerprint density at radius 1 is 1.26 bits per heavy atom. The SMILES string of the molecule is Cn1nc(O[C@@H]2CC2(F)F)cc1C(=O)Nc1cc([C@@H]2C[C@H](OC(=O)NC34CC(C3)C4)CO2)[nH]n1. The topological polar surface area (TPSA) is 132 Å². The van der Waals surface area contributed by atoms with E-state index >= 15 is 0 Å². The fourth-order valence-corrected chi connectivity index (χ4v) is 4.84. The number of nitrogens with one attached hydrogen (secondary N) is 3. The molecule has 3 heterocycles. The first kappa shape index (κ1) is 21.3. The summed E-state index contributed by atoms with van der Waals surface area (Å²) in [6.45, 7) is 0.270. The van der Waals surface area contributed by atoms with Gasteiger partial charge < -0.3 is 24.8 Å². The second kappa shape index (κ2) is 7.39. The van der Waals surface area contributed by atoms with Crippen molar-refractivity contribution in [1.82, 2.24) is 25.3 Å². The number of H-pyrrole nitrogens is 1. The minimum Gasteiger partial charge on any atom is -0.467 e. The number of carbonyl (C=O) groups is 2. The summed E-state index contributed by atoms with van der Waals surface area (Å²) < 4.78 is 43.7. The maximum absolute atomic E-state index is 13.0. The number of alkyl halides is 2. The van der Waals surface area contributed by atoms with Gasteiger partial charge in [0, 0.05) is 31.1 Å². The Hall–Kier alpha value is -3.22. The molecule has 11 nitrogen and oxygen atoms in total. The zero-order valence-electron chi connectivity index (χ0n) is 18.3. The van der Waals surface area contributed by atoms with Crippen LogP contribution in [-0.2, 0) is 16.5 Å². The van der Waals surface area contributed by atoms with Crippen LogP contribution in [0.25, 0.3) is 0 Å². The molecular weight excluding hydrogens is 454 g/mol. The third-order valence-corrected chi connectivity index (χ3v) is 6.95. The zero-order valence-corrected chi connectivity index (χ0v) is 18.3. The second-order valence-corrected chi connectivity index (χ2v) is 9.69. The van der Waals surface area contributed by atoms with Gasteiger partial charge in [-0.25, -0.2) is 13.6 Å². The number of carbonyl (C=O) groups excluding carboxylic acids is 2. The molecule has 0 radical (unpaired) electrons. The van der Waals surface area contributed by atoms with E-state index < -0.39 is 24.0 Å². The molecule has 4 aliphatic carbocycles. The normalized spacial score (nSPS) is 32.3. The van der Waals surface area contributed by atoms with Gasteiger partial charge in [-0.3, -0.25) is 14.6 Å². The highest BCUT2D eigenvalue weighted by Gasteiger charge is 2.60. The molecule has 2 aromatic rings. The standard InChI is InChI=1S/C21H24F2N6O5/c1-29-13(4-17(28-29)34-15-8-21(15,22)23)18(30)24-16-3-12(26-27-16)14-2-11(9-32-14)33-19(31)25-20-5-10(6-20)7-20/h3-4,10-11,14-15H,2,5-9H2,1H3,(H,25,31)(H2,24,26,27,30)/t10?,11-,14-,15+,20?/m0/s1. The summed E-state index contributed by atoms with van der Waals surface area (Å²) >= 11 is 0. The quantitative estimate of drug-likeness (QED) is 0.556. The number of amides is 2. The number of alkyl carbamates (subject to hydrolysis) is 1. The number of aromatic nitrogens is 4. The van der Waals surface area contributed by atoms with Crippen molar-refractivity contribution in [2.45, 2.75) is 61.9 Å². The highest BCUT2D eigenvalue weighted by molar-refractivity contribution is 6.02. The maximum Gasteiger partial charge on any atom is 0.407 e. The first-order valence-corrected chi connectivity index (χ1v) is 11.2. The number of halogens is 2. The van der Waals surface area contributed by atoms with Crippen molar-refractivity contribution in [1.29, 1.82) is 0 Å². The monoisotopic (exact) mass is 478 g/mol. The Labute approximate surface area is 192 Å². The van der Waals surface area contributed by atoms with Crippen LogP contribution in [0.5, 0.6) is 5.88 Å². The fraction of sp³-hybridized carbons (Fsp3) is 0.619. The van der Waals surface area contributed by atoms with E-state index in [0.29, 0.717) is 12.1 Å². The van der Waals surface area contributed by atoms with Crippen molar-refractivity contribution in [3.8, 4) is 5.88 Å². The molecule has 34 heavy (non-hydrogen) atoms. The largest absolute Gasteiger partial charge is 0.467 e. The molecule has 2 amide bonds. The summed E-state index contributed by atoms with van der Waals surface area (Å²) in [5, 5.41) is 16.5. The number of aromatic amines is 1. The Bertz CT molecular complexity index is 1130. The van der Waals surface area contributed by atoms with Crippen molar-refractivity contribution >= 4 is 17.8 Å². The summed E-state index contributed by atoms with van der Waals surface area (Å²) in [6, 6.07) is 2.93. The summed E-state index contributed by atoms with van der Waals surface area (Å²) in [7, 11) is 1.51. The lowest BCUT2D eigenvalue weighted by Crippen LogP contribution is -2.68. The number of anilines is 1. The van der Waals surface area contributed by atoms with Gasteiger partial charge in [-0.2, -0.15) is 5.10 Å². The number of nitrogens with zero attached hydrogens (tertiary/aromatic N) is 3. The van der Waals surface area contributed by atoms with Crippen LogP contribution in [-0.4, -0.2) is 62.3 Å². The molecule has 0 unspecified atom stereocenters. The molecule has 2 aromatic heterocycles. The molecule has 7 rings (SSSR count). The summed E-state index contributed by atoms with van der Waals surface area (Å²) in [6.07, 6.45) is 0.882. The molecule has 3 atom stereocenters. The second-order valence-electron chi connectivity index (χ2n) is 9.69. The number of ether oxygens (including phenoxy) is 3. The Morgan fingerprint density at radius 2 is 2.03 bits per heavy atom. The Balaban J connectivity index is 1.01. The van der Waals surface area contributed by atoms with Gasteiger partial charge in [-0.1, -0.05) is 0 Å². The fourth-order valence-electron chi connectivity index (χ4n) is 4.84. The summed E-state index contributed by atoms with van der Waals surface area (Å²) in [5.74, 6) is -2.39. The van der Waals surface area contributed by atoms with Gasteiger partial charge in [-0.15, -0.1) is 5.10 Å². The smallest absolute Gasteiger partial charge is 0.407 e. The molecule has 0 aromatic carbocycles. The van der Waals surface area contributed by atoms with Gasteiger partial charge >= 0.3 is 6.09 Å². The van der Waals surface area contributed by atoms with Crippen molar-refractivity contribution < 1.29 is 32.6 Å². The van der Waals surface area contributed by atoms with Crippen LogP contribution in [0.3, 0.4) is 0 Å². The molecule has 5 fully saturated rings. The van der Waals surface area contributed by atoms with Crippen molar-refractivity contribution in [2.24, 2.45) is 13.0 Å². The van der Waals surface area contributed by atoms with Crippen LogP contribution < -0.4 is 15.4 Å². The van der Waals surface area contributed by atoms with E-state index in [2.05, 4.69) is 25.9 Å². The first-order valence-electron chi connectivity index (χ1n) is 11.2. The Morgan fingerprint density at radius 3 is 2.71 bits per heavy atom. The molecule has 4 saturated carbocycles. The number of aryl methyl sites for hydroxylation is 1. The van der Waals surface area contributed by atoms with Crippen LogP contribution in [0.1, 0.15) is 54.4 Å². The lowest BCUT2D eigenvalue weighted by atomic mass is 9.50. The van der Waals surface area contributed by atoms with Gasteiger partial charge in [-0.05, 0) is 25.2 Å². The molecule has 1 saturated heterocycles. The molecule has 182 valence electrons. The predicted molar refractivity (Wildman–Crippen MR) is 111 cm³/mol. The summed E-state index contributed by atoms with van der Waals surface area (Å²) in [5.41, 5.74) is 0.718. The molecule has 0 spiro atoms. The number of hydrogen-bond acceptors (Lipinski definition) is 7. The van der Waals surface area contributed by atoms with E-state index in [4.69, 9.17) is 14.2 Å². The van der Waals surface area contributed by atoms with E-state index in [1.54, 1.807) is 6.07 Å². The average Bonchev–Trinajstić information content (AvgIpc) is 3.18. The van der Waals surface area contributed by atoms with Crippen molar-refractivity contribution in [3.05, 3.63) is 23.5 Å². The van der Waals surface area contributed by atoms with Gasteiger partial charge in [0.25, 0.3) is 11.8 Å². The van der Waals surface area contributed by atoms with Crippen LogP contribution in [0.2, 0.25) is 0 Å². The van der Waals surface area contributed by atoms with Crippen LogP contribution >= 0.6 is 0 Å². The molecule has 13 heteroatoms. The van der Waals surface area contributed by atoms with Gasteiger partial charge in [0.15, 0.2) is 11.9 Å². The molecular formula is C21H24F2N6O5. The lowest BCUT2D eigenvalue weighted by Gasteiger charge is -2.61. The van der Waals surface area contributed by atoms with E-state index in [1.807, 2.05) is 0 Å². The van der Waals surface area contributed by atoms with E-state index in [-0.39, 0.29) is 48.2 Å². The van der Waals surface area contributed by atoms with E-state index in [9.17, 15) is 18.4 Å². The van der Waals surface area contributed by atoms with Crippen LogP contribution in [0.4, 0.5) is 19.4 Å². The minimum atomic E-state index is -2.85. The third kappa shape index (κ3) is 3.87. The minimum absolute atomic E-state index is 0.0407. The average molecular weight is 478 g/mol. The van der Waals surface area contributed by atoms with Gasteiger partial charge in [0.1, 0.15) is 17.9 Å². The van der Waals surface area contributed by atoms with Gasteiger partial charge in [0.05, 0.1) is 18.7 Å². The maximum atomic E-state index is 13.0. The lowest BCUT2D eigenvalue weighted by molar-refractivity contribution is -0.0510. The molecule has 1 aliphatic heterocycles. The Kier molecular flexibility index (Phi) is 4.63. The van der Waals surface area contributed by atoms with Crippen LogP contribution in [0.15, 0.2) is 12.1 Å². The van der Waals surface area contributed by atoms with Crippen LogP contribution in [0, 0.1) is 5.92 Å². The van der Waals surface area contributed by atoms with Crippen molar-refractivity contribution in [3.63, 3.8) is 0 Å². The molecule has 2 bridgehead atoms. The molecule has 3 N–H and O–H groups in total. The van der Waals surface area contributed by atoms with Gasteiger partial charge in [0.2, 0.25) is 5.88 Å². The highest BCUT2D eigenvalue weighted by Crippen LogP contribution is 2.57. The summed E-state index contributed by atoms with van der Waals surface area (Å²) in [4.78, 5) is 24.8. The number of hydrogen-bond donors (Lipinski definition) is 3. The highest BCUT2D eigenvalue weighted by atomic mass is 19.3. The third-order valence-electron chi connectivity index (χ3n) is 6.95. The first-order chi connectivity index (χ1) is 16.2. The predicted octanol–water partition coefficient (Wildman–Crippen LogP) is 2.29.